The maximum absolute atomic E-state index is 12.4. The molecule has 0 atom stereocenters. The molecule has 7 heteroatoms. The predicted octanol–water partition coefficient (Wildman–Crippen LogP) is 2.28. The summed E-state index contributed by atoms with van der Waals surface area (Å²) in [5.74, 6) is 1.01. The SMILES string of the molecule is COc1ccc(S(=O)(=O)NCC2CCN(Cc3ccccn3)CC2)cc1. The van der Waals surface area contributed by atoms with Gasteiger partial charge in [0.2, 0.25) is 10.0 Å². The molecule has 3 rings (SSSR count). The van der Waals surface area contributed by atoms with Crippen molar-refractivity contribution in [2.45, 2.75) is 24.3 Å². The van der Waals surface area contributed by atoms with Crippen LogP contribution in [-0.4, -0.2) is 45.0 Å². The summed E-state index contributed by atoms with van der Waals surface area (Å²) < 4.78 is 32.6. The number of benzene rings is 1. The highest BCUT2D eigenvalue weighted by Crippen LogP contribution is 2.20. The molecule has 1 fully saturated rings. The van der Waals surface area contributed by atoms with Crippen LogP contribution in [0.15, 0.2) is 53.6 Å². The van der Waals surface area contributed by atoms with Crippen molar-refractivity contribution in [2.24, 2.45) is 5.92 Å². The van der Waals surface area contributed by atoms with Gasteiger partial charge < -0.3 is 4.74 Å². The van der Waals surface area contributed by atoms with E-state index >= 15 is 0 Å². The van der Waals surface area contributed by atoms with Crippen LogP contribution >= 0.6 is 0 Å². The highest BCUT2D eigenvalue weighted by Gasteiger charge is 2.22. The van der Waals surface area contributed by atoms with E-state index in [2.05, 4.69) is 14.6 Å². The molecule has 2 heterocycles. The van der Waals surface area contributed by atoms with Crippen molar-refractivity contribution in [1.29, 1.82) is 0 Å². The maximum Gasteiger partial charge on any atom is 0.240 e. The zero-order valence-corrected chi connectivity index (χ0v) is 15.8. The van der Waals surface area contributed by atoms with Crippen molar-refractivity contribution in [3.05, 3.63) is 54.4 Å². The van der Waals surface area contributed by atoms with E-state index in [1.165, 1.54) is 0 Å². The van der Waals surface area contributed by atoms with Crippen LogP contribution in [0, 0.1) is 5.92 Å². The molecule has 6 nitrogen and oxygen atoms in total. The number of nitrogens with zero attached hydrogens (tertiary/aromatic N) is 2. The molecule has 0 radical (unpaired) electrons. The summed E-state index contributed by atoms with van der Waals surface area (Å²) in [6, 6.07) is 12.4. The first-order valence-corrected chi connectivity index (χ1v) is 10.3. The van der Waals surface area contributed by atoms with Crippen LogP contribution in [0.25, 0.3) is 0 Å². The van der Waals surface area contributed by atoms with E-state index in [1.807, 2.05) is 24.4 Å². The van der Waals surface area contributed by atoms with Crippen LogP contribution in [0.5, 0.6) is 5.75 Å². The van der Waals surface area contributed by atoms with Gasteiger partial charge in [0.15, 0.2) is 0 Å². The molecule has 0 spiro atoms. The van der Waals surface area contributed by atoms with Gasteiger partial charge in [-0.25, -0.2) is 13.1 Å². The Kier molecular flexibility index (Phi) is 6.24. The second kappa shape index (κ2) is 8.62. The van der Waals surface area contributed by atoms with E-state index < -0.39 is 10.0 Å². The Morgan fingerprint density at radius 3 is 2.50 bits per heavy atom. The predicted molar refractivity (Wildman–Crippen MR) is 100 cm³/mol. The largest absolute Gasteiger partial charge is 0.497 e. The Labute approximate surface area is 155 Å². The first kappa shape index (κ1) is 18.8. The van der Waals surface area contributed by atoms with Crippen LogP contribution in [0.2, 0.25) is 0 Å². The van der Waals surface area contributed by atoms with Crippen molar-refractivity contribution in [2.75, 3.05) is 26.7 Å². The average molecular weight is 375 g/mol. The van der Waals surface area contributed by atoms with Crippen molar-refractivity contribution >= 4 is 10.0 Å². The van der Waals surface area contributed by atoms with Gasteiger partial charge in [-0.15, -0.1) is 0 Å². The number of ether oxygens (including phenoxy) is 1. The molecule has 1 aliphatic heterocycles. The lowest BCUT2D eigenvalue weighted by molar-refractivity contribution is 0.177. The number of hydrogen-bond donors (Lipinski definition) is 1. The molecule has 1 saturated heterocycles. The van der Waals surface area contributed by atoms with E-state index in [4.69, 9.17) is 4.74 Å². The molecule has 0 saturated carbocycles. The van der Waals surface area contributed by atoms with Crippen LogP contribution in [0.3, 0.4) is 0 Å². The smallest absolute Gasteiger partial charge is 0.240 e. The minimum Gasteiger partial charge on any atom is -0.497 e. The molecule has 0 unspecified atom stereocenters. The summed E-state index contributed by atoms with van der Waals surface area (Å²) >= 11 is 0. The molecule has 140 valence electrons. The summed E-state index contributed by atoms with van der Waals surface area (Å²) in [5.41, 5.74) is 1.08. The monoisotopic (exact) mass is 375 g/mol. The molecule has 2 aromatic rings. The Hall–Kier alpha value is -1.96. The summed E-state index contributed by atoms with van der Waals surface area (Å²) in [4.78, 5) is 7.01. The molecule has 0 bridgehead atoms. The van der Waals surface area contributed by atoms with Gasteiger partial charge in [-0.2, -0.15) is 0 Å². The Balaban J connectivity index is 1.47. The molecule has 1 N–H and O–H groups in total. The second-order valence-electron chi connectivity index (χ2n) is 6.57. The van der Waals surface area contributed by atoms with Crippen molar-refractivity contribution in [3.63, 3.8) is 0 Å². The van der Waals surface area contributed by atoms with E-state index in [1.54, 1.807) is 31.4 Å². The number of sulfonamides is 1. The molecule has 1 aliphatic rings. The normalized spacial score (nSPS) is 16.5. The first-order chi connectivity index (χ1) is 12.6. The average Bonchev–Trinajstić information content (AvgIpc) is 2.68. The van der Waals surface area contributed by atoms with Crippen molar-refractivity contribution in [1.82, 2.24) is 14.6 Å². The van der Waals surface area contributed by atoms with Gasteiger partial charge in [-0.05, 0) is 68.2 Å². The topological polar surface area (TPSA) is 71.5 Å². The quantitative estimate of drug-likeness (QED) is 0.804. The number of piperidine rings is 1. The molecule has 0 amide bonds. The standard InChI is InChI=1S/C19H25N3O3S/c1-25-18-5-7-19(8-6-18)26(23,24)21-14-16-9-12-22(13-10-16)15-17-4-2-3-11-20-17/h2-8,11,16,21H,9-10,12-15H2,1H3. The van der Waals surface area contributed by atoms with Gasteiger partial charge in [0.1, 0.15) is 5.75 Å². The zero-order chi connectivity index (χ0) is 18.4. The number of aromatic nitrogens is 1. The highest BCUT2D eigenvalue weighted by molar-refractivity contribution is 7.89. The fourth-order valence-electron chi connectivity index (χ4n) is 3.14. The van der Waals surface area contributed by atoms with Gasteiger partial charge in [-0.3, -0.25) is 9.88 Å². The number of likely N-dealkylation sites (tertiary alicyclic amines) is 1. The second-order valence-corrected chi connectivity index (χ2v) is 8.33. The summed E-state index contributed by atoms with van der Waals surface area (Å²) in [6.45, 7) is 3.26. The van der Waals surface area contributed by atoms with Gasteiger partial charge >= 0.3 is 0 Å². The van der Waals surface area contributed by atoms with E-state index in [-0.39, 0.29) is 4.90 Å². The number of pyridine rings is 1. The third kappa shape index (κ3) is 5.03. The third-order valence-electron chi connectivity index (χ3n) is 4.75. The zero-order valence-electron chi connectivity index (χ0n) is 15.0. The van der Waals surface area contributed by atoms with Gasteiger partial charge in [-0.1, -0.05) is 6.07 Å². The minimum absolute atomic E-state index is 0.269. The maximum atomic E-state index is 12.4. The third-order valence-corrected chi connectivity index (χ3v) is 6.19. The molecular weight excluding hydrogens is 350 g/mol. The number of methoxy groups -OCH3 is 1. The Bertz CT molecular complexity index is 787. The minimum atomic E-state index is -3.48. The highest BCUT2D eigenvalue weighted by atomic mass is 32.2. The van der Waals surface area contributed by atoms with Crippen LogP contribution < -0.4 is 9.46 Å². The fraction of sp³-hybridized carbons (Fsp3) is 0.421. The van der Waals surface area contributed by atoms with E-state index in [0.717, 1.165) is 38.2 Å². The molecule has 0 aliphatic carbocycles. The fourth-order valence-corrected chi connectivity index (χ4v) is 4.25. The van der Waals surface area contributed by atoms with Crippen molar-refractivity contribution in [3.8, 4) is 5.75 Å². The van der Waals surface area contributed by atoms with Crippen LogP contribution in [0.1, 0.15) is 18.5 Å². The Morgan fingerprint density at radius 2 is 1.88 bits per heavy atom. The van der Waals surface area contributed by atoms with Gasteiger partial charge in [0, 0.05) is 19.3 Å². The molecular formula is C19H25N3O3S. The lowest BCUT2D eigenvalue weighted by Crippen LogP contribution is -2.38. The van der Waals surface area contributed by atoms with Crippen LogP contribution in [-0.2, 0) is 16.6 Å². The molecule has 1 aromatic heterocycles. The summed E-state index contributed by atoms with van der Waals surface area (Å²) in [7, 11) is -1.92. The lowest BCUT2D eigenvalue weighted by Gasteiger charge is -2.31. The number of rotatable bonds is 7. The molecule has 1 aromatic carbocycles. The summed E-state index contributed by atoms with van der Waals surface area (Å²) in [5, 5.41) is 0. The van der Waals surface area contributed by atoms with Crippen molar-refractivity contribution < 1.29 is 13.2 Å². The van der Waals surface area contributed by atoms with Gasteiger partial charge in [0.05, 0.1) is 17.7 Å². The van der Waals surface area contributed by atoms with E-state index in [0.29, 0.717) is 18.2 Å². The first-order valence-electron chi connectivity index (χ1n) is 8.83. The van der Waals surface area contributed by atoms with Crippen LogP contribution in [0.4, 0.5) is 0 Å². The number of hydrogen-bond acceptors (Lipinski definition) is 5. The van der Waals surface area contributed by atoms with E-state index in [9.17, 15) is 8.42 Å². The van der Waals surface area contributed by atoms with Gasteiger partial charge in [0.25, 0.3) is 0 Å². The number of nitrogens with one attached hydrogen (secondary N) is 1. The Morgan fingerprint density at radius 1 is 1.15 bits per heavy atom. The summed E-state index contributed by atoms with van der Waals surface area (Å²) in [6.07, 6.45) is 3.78. The molecule has 26 heavy (non-hydrogen) atoms. The lowest BCUT2D eigenvalue weighted by atomic mass is 9.97.